The molecule has 106 valence electrons. The van der Waals surface area contributed by atoms with E-state index in [1.165, 1.54) is 12.7 Å². The molecule has 0 unspecified atom stereocenters. The summed E-state index contributed by atoms with van der Waals surface area (Å²) in [6, 6.07) is 0. The average Bonchev–Trinajstić information content (AvgIpc) is 2.93. The first-order valence-corrected chi connectivity index (χ1v) is 6.81. The number of rotatable bonds is 2. The molecule has 0 radical (unpaired) electrons. The SMILES string of the molecule is OC[C@H]1O[C@H](n2cnc3c(Cl)ncnc32)[C@]2(F)CC[C@H]12. The Morgan fingerprint density at radius 3 is 3.00 bits per heavy atom. The molecule has 3 heterocycles. The summed E-state index contributed by atoms with van der Waals surface area (Å²) in [5.41, 5.74) is -0.612. The zero-order valence-corrected chi connectivity index (χ0v) is 11.2. The minimum atomic E-state index is -1.47. The quantitative estimate of drug-likeness (QED) is 0.850. The highest BCUT2D eigenvalue weighted by Gasteiger charge is 2.63. The van der Waals surface area contributed by atoms with E-state index in [0.29, 0.717) is 17.6 Å². The number of hydrogen-bond donors (Lipinski definition) is 1. The summed E-state index contributed by atoms with van der Waals surface area (Å²) in [4.78, 5) is 12.1. The van der Waals surface area contributed by atoms with Crippen molar-refractivity contribution in [1.82, 2.24) is 19.5 Å². The summed E-state index contributed by atoms with van der Waals surface area (Å²) in [5.74, 6) is -0.271. The van der Waals surface area contributed by atoms with Crippen LogP contribution in [0.2, 0.25) is 5.15 Å². The molecule has 4 rings (SSSR count). The molecule has 8 heteroatoms. The third-order valence-corrected chi connectivity index (χ3v) is 4.64. The molecule has 1 saturated carbocycles. The van der Waals surface area contributed by atoms with Gasteiger partial charge in [-0.1, -0.05) is 11.6 Å². The maximum Gasteiger partial charge on any atom is 0.171 e. The van der Waals surface area contributed by atoms with Gasteiger partial charge < -0.3 is 9.84 Å². The second-order valence-electron chi connectivity index (χ2n) is 5.27. The first kappa shape index (κ1) is 12.4. The normalized spacial score (nSPS) is 36.0. The molecule has 2 aromatic heterocycles. The summed E-state index contributed by atoms with van der Waals surface area (Å²) >= 11 is 5.95. The number of aliphatic hydroxyl groups excluding tert-OH is 1. The van der Waals surface area contributed by atoms with Crippen LogP contribution in [0.25, 0.3) is 11.2 Å². The molecule has 20 heavy (non-hydrogen) atoms. The molecule has 0 aromatic carbocycles. The largest absolute Gasteiger partial charge is 0.394 e. The molecule has 2 aromatic rings. The number of alkyl halides is 1. The Labute approximate surface area is 118 Å². The predicted molar refractivity (Wildman–Crippen MR) is 67.9 cm³/mol. The number of nitrogens with zero attached hydrogens (tertiary/aromatic N) is 4. The van der Waals surface area contributed by atoms with Gasteiger partial charge in [-0.15, -0.1) is 0 Å². The Kier molecular flexibility index (Phi) is 2.55. The van der Waals surface area contributed by atoms with Gasteiger partial charge in [-0.25, -0.2) is 19.3 Å². The smallest absolute Gasteiger partial charge is 0.171 e. The summed E-state index contributed by atoms with van der Waals surface area (Å²) < 4.78 is 22.3. The van der Waals surface area contributed by atoms with Crippen molar-refractivity contribution in [2.45, 2.75) is 30.8 Å². The predicted octanol–water partition coefficient (Wildman–Crippen LogP) is 1.49. The van der Waals surface area contributed by atoms with Gasteiger partial charge in [0.2, 0.25) is 0 Å². The third-order valence-electron chi connectivity index (χ3n) is 4.36. The molecule has 1 N–H and O–H groups in total. The summed E-state index contributed by atoms with van der Waals surface area (Å²) in [5, 5.41) is 9.54. The standard InChI is InChI=1S/C12H12ClFN4O2/c13-9-8-10(16-4-15-9)18(5-17-8)11-12(14)2-1-6(12)7(3-19)20-11/h4-7,11,19H,1-3H2/t6-,7-,11+,12+/m1/s1. The Morgan fingerprint density at radius 1 is 1.50 bits per heavy atom. The van der Waals surface area contributed by atoms with E-state index in [-0.39, 0.29) is 17.7 Å². The maximum atomic E-state index is 15.0. The summed E-state index contributed by atoms with van der Waals surface area (Å²) in [6.07, 6.45) is 2.61. The number of aliphatic hydroxyl groups is 1. The van der Waals surface area contributed by atoms with Gasteiger partial charge in [0, 0.05) is 5.92 Å². The monoisotopic (exact) mass is 298 g/mol. The zero-order chi connectivity index (χ0) is 13.9. The Morgan fingerprint density at radius 2 is 2.35 bits per heavy atom. The molecule has 4 atom stereocenters. The van der Waals surface area contributed by atoms with Crippen molar-refractivity contribution in [2.24, 2.45) is 5.92 Å². The number of imidazole rings is 1. The molecule has 2 aliphatic rings. The van der Waals surface area contributed by atoms with Crippen molar-refractivity contribution >= 4 is 22.8 Å². The van der Waals surface area contributed by atoms with Crippen molar-refractivity contribution in [3.8, 4) is 0 Å². The molecule has 1 aliphatic heterocycles. The van der Waals surface area contributed by atoms with E-state index in [1.807, 2.05) is 0 Å². The zero-order valence-electron chi connectivity index (χ0n) is 10.4. The van der Waals surface area contributed by atoms with Gasteiger partial charge in [0.05, 0.1) is 19.0 Å². The van der Waals surface area contributed by atoms with E-state index in [2.05, 4.69) is 15.0 Å². The first-order chi connectivity index (χ1) is 9.65. The third kappa shape index (κ3) is 1.43. The molecular formula is C12H12ClFN4O2. The second-order valence-corrected chi connectivity index (χ2v) is 5.63. The van der Waals surface area contributed by atoms with Crippen LogP contribution in [-0.4, -0.2) is 43.0 Å². The lowest BCUT2D eigenvalue weighted by Gasteiger charge is -2.40. The highest BCUT2D eigenvalue weighted by atomic mass is 35.5. The van der Waals surface area contributed by atoms with Gasteiger partial charge in [-0.3, -0.25) is 4.57 Å². The number of fused-ring (bicyclic) bond motifs is 2. The van der Waals surface area contributed by atoms with Crippen LogP contribution in [0.1, 0.15) is 19.1 Å². The van der Waals surface area contributed by atoms with Crippen LogP contribution in [-0.2, 0) is 4.74 Å². The fraction of sp³-hybridized carbons (Fsp3) is 0.583. The van der Waals surface area contributed by atoms with E-state index in [9.17, 15) is 5.11 Å². The van der Waals surface area contributed by atoms with E-state index >= 15 is 4.39 Å². The van der Waals surface area contributed by atoms with Crippen molar-refractivity contribution in [2.75, 3.05) is 6.61 Å². The molecule has 6 nitrogen and oxygen atoms in total. The Balaban J connectivity index is 1.82. The summed E-state index contributed by atoms with van der Waals surface area (Å²) in [7, 11) is 0. The molecule has 1 aliphatic carbocycles. The van der Waals surface area contributed by atoms with Gasteiger partial charge in [-0.2, -0.15) is 0 Å². The lowest BCUT2D eigenvalue weighted by molar-refractivity contribution is -0.0737. The highest BCUT2D eigenvalue weighted by molar-refractivity contribution is 6.33. The fourth-order valence-corrected chi connectivity index (χ4v) is 3.40. The number of halogens is 2. The van der Waals surface area contributed by atoms with Gasteiger partial charge in [0.15, 0.2) is 22.7 Å². The second kappa shape index (κ2) is 4.09. The van der Waals surface area contributed by atoms with Crippen LogP contribution in [0.4, 0.5) is 4.39 Å². The van der Waals surface area contributed by atoms with Crippen molar-refractivity contribution in [3.63, 3.8) is 0 Å². The first-order valence-electron chi connectivity index (χ1n) is 6.43. The van der Waals surface area contributed by atoms with Crippen LogP contribution >= 0.6 is 11.6 Å². The van der Waals surface area contributed by atoms with Crippen molar-refractivity contribution < 1.29 is 14.2 Å². The molecule has 0 bridgehead atoms. The van der Waals surface area contributed by atoms with Crippen LogP contribution < -0.4 is 0 Å². The van der Waals surface area contributed by atoms with E-state index in [0.717, 1.165) is 6.42 Å². The molecule has 0 amide bonds. The van der Waals surface area contributed by atoms with Crippen LogP contribution in [0.3, 0.4) is 0 Å². The topological polar surface area (TPSA) is 73.1 Å². The lowest BCUT2D eigenvalue weighted by atomic mass is 9.69. The maximum absolute atomic E-state index is 15.0. The van der Waals surface area contributed by atoms with Crippen molar-refractivity contribution in [3.05, 3.63) is 17.8 Å². The Bertz CT molecular complexity index is 681. The summed E-state index contributed by atoms with van der Waals surface area (Å²) in [6.45, 7) is -0.185. The lowest BCUT2D eigenvalue weighted by Crippen LogP contribution is -2.47. The minimum Gasteiger partial charge on any atom is -0.394 e. The van der Waals surface area contributed by atoms with Crippen LogP contribution in [0.15, 0.2) is 12.7 Å². The molecule has 2 fully saturated rings. The van der Waals surface area contributed by atoms with Crippen LogP contribution in [0, 0.1) is 5.92 Å². The van der Waals surface area contributed by atoms with Gasteiger partial charge >= 0.3 is 0 Å². The molecule has 0 spiro atoms. The molecular weight excluding hydrogens is 287 g/mol. The van der Waals surface area contributed by atoms with Gasteiger partial charge in [0.1, 0.15) is 11.8 Å². The highest BCUT2D eigenvalue weighted by Crippen LogP contribution is 2.57. The molecule has 1 saturated heterocycles. The van der Waals surface area contributed by atoms with Gasteiger partial charge in [0.25, 0.3) is 0 Å². The minimum absolute atomic E-state index is 0.185. The number of ether oxygens (including phenoxy) is 1. The van der Waals surface area contributed by atoms with E-state index in [1.54, 1.807) is 4.57 Å². The number of hydrogen-bond acceptors (Lipinski definition) is 5. The average molecular weight is 299 g/mol. The number of aromatic nitrogens is 4. The van der Waals surface area contributed by atoms with Gasteiger partial charge in [-0.05, 0) is 12.8 Å². The fourth-order valence-electron chi connectivity index (χ4n) is 3.22. The van der Waals surface area contributed by atoms with E-state index < -0.39 is 18.0 Å². The Hall–Kier alpha value is -1.31. The van der Waals surface area contributed by atoms with Crippen molar-refractivity contribution in [1.29, 1.82) is 0 Å². The van der Waals surface area contributed by atoms with E-state index in [4.69, 9.17) is 16.3 Å². The van der Waals surface area contributed by atoms with Crippen LogP contribution in [0.5, 0.6) is 0 Å².